The molecule has 1 N–H and O–H groups in total. The molecule has 3 aromatic rings. The largest absolute Gasteiger partial charge is 0.378 e. The highest BCUT2D eigenvalue weighted by Gasteiger charge is 2.17. The van der Waals surface area contributed by atoms with Crippen LogP contribution in [-0.2, 0) is 4.74 Å². The van der Waals surface area contributed by atoms with E-state index in [2.05, 4.69) is 20.9 Å². The number of nitrogens with zero attached hydrogens (tertiary/aromatic N) is 2. The average molecular weight is 307 g/mol. The van der Waals surface area contributed by atoms with E-state index in [0.29, 0.717) is 16.7 Å². The monoisotopic (exact) mass is 307 g/mol. The van der Waals surface area contributed by atoms with Crippen molar-refractivity contribution >= 4 is 16.6 Å². The molecule has 0 aliphatic carbocycles. The second-order valence-corrected chi connectivity index (χ2v) is 5.55. The van der Waals surface area contributed by atoms with E-state index in [9.17, 15) is 4.79 Å². The number of anilines is 1. The van der Waals surface area contributed by atoms with Crippen LogP contribution in [0.5, 0.6) is 0 Å². The maximum Gasteiger partial charge on any atom is 0.259 e. The normalized spacial score (nSPS) is 15.0. The predicted octanol–water partition coefficient (Wildman–Crippen LogP) is 2.43. The van der Waals surface area contributed by atoms with Gasteiger partial charge in [0.2, 0.25) is 0 Å². The third-order valence-corrected chi connectivity index (χ3v) is 4.12. The first kappa shape index (κ1) is 14.0. The van der Waals surface area contributed by atoms with Crippen LogP contribution in [0, 0.1) is 0 Å². The van der Waals surface area contributed by atoms with Gasteiger partial charge in [0.1, 0.15) is 5.82 Å². The fraction of sp³-hybridized carbons (Fsp3) is 0.222. The molecule has 0 unspecified atom stereocenters. The number of para-hydroxylation sites is 2. The third-order valence-electron chi connectivity index (χ3n) is 4.12. The van der Waals surface area contributed by atoms with Gasteiger partial charge in [-0.05, 0) is 24.3 Å². The number of aromatic nitrogens is 2. The molecule has 5 nitrogen and oxygen atoms in total. The maximum absolute atomic E-state index is 12.3. The lowest BCUT2D eigenvalue weighted by Gasteiger charge is -2.30. The number of rotatable bonds is 2. The molecule has 23 heavy (non-hydrogen) atoms. The predicted molar refractivity (Wildman–Crippen MR) is 90.8 cm³/mol. The molecule has 5 heteroatoms. The van der Waals surface area contributed by atoms with Crippen molar-refractivity contribution in [3.05, 3.63) is 58.9 Å². The molecule has 1 aliphatic rings. The summed E-state index contributed by atoms with van der Waals surface area (Å²) in [5.41, 5.74) is 2.62. The number of hydrogen-bond acceptors (Lipinski definition) is 4. The molecule has 1 aromatic heterocycles. The lowest BCUT2D eigenvalue weighted by Crippen LogP contribution is -2.36. The molecule has 0 atom stereocenters. The van der Waals surface area contributed by atoms with Gasteiger partial charge in [-0.15, -0.1) is 0 Å². The first-order chi connectivity index (χ1) is 11.3. The molecule has 116 valence electrons. The molecule has 4 rings (SSSR count). The van der Waals surface area contributed by atoms with Crippen molar-refractivity contribution in [3.8, 4) is 11.4 Å². The number of morpholine rings is 1. The van der Waals surface area contributed by atoms with Crippen LogP contribution in [0.2, 0.25) is 0 Å². The van der Waals surface area contributed by atoms with E-state index in [-0.39, 0.29) is 5.56 Å². The van der Waals surface area contributed by atoms with Crippen LogP contribution in [-0.4, -0.2) is 36.3 Å². The van der Waals surface area contributed by atoms with Gasteiger partial charge in [-0.1, -0.05) is 24.3 Å². The van der Waals surface area contributed by atoms with Gasteiger partial charge >= 0.3 is 0 Å². The number of H-pyrrole nitrogens is 1. The topological polar surface area (TPSA) is 58.2 Å². The van der Waals surface area contributed by atoms with Crippen molar-refractivity contribution < 1.29 is 4.74 Å². The Bertz CT molecular complexity index is 898. The lowest BCUT2D eigenvalue weighted by molar-refractivity contribution is 0.123. The molecule has 1 saturated heterocycles. The summed E-state index contributed by atoms with van der Waals surface area (Å²) < 4.78 is 5.43. The van der Waals surface area contributed by atoms with Crippen LogP contribution in [0.25, 0.3) is 22.3 Å². The quantitative estimate of drug-likeness (QED) is 0.790. The number of hydrogen-bond donors (Lipinski definition) is 1. The fourth-order valence-corrected chi connectivity index (χ4v) is 2.97. The van der Waals surface area contributed by atoms with Crippen molar-refractivity contribution in [1.29, 1.82) is 0 Å². The Morgan fingerprint density at radius 3 is 2.61 bits per heavy atom. The molecular formula is C18H17N3O2. The number of fused-ring (bicyclic) bond motifs is 1. The first-order valence-electron chi connectivity index (χ1n) is 7.74. The minimum Gasteiger partial charge on any atom is -0.378 e. The highest BCUT2D eigenvalue weighted by Crippen LogP contribution is 2.29. The van der Waals surface area contributed by atoms with Crippen molar-refractivity contribution in [2.45, 2.75) is 0 Å². The second kappa shape index (κ2) is 5.85. The van der Waals surface area contributed by atoms with Crippen LogP contribution in [0.3, 0.4) is 0 Å². The average Bonchev–Trinajstić information content (AvgIpc) is 2.62. The minimum absolute atomic E-state index is 0.109. The molecular weight excluding hydrogens is 290 g/mol. The Balaban J connectivity index is 1.86. The molecule has 1 fully saturated rings. The van der Waals surface area contributed by atoms with Gasteiger partial charge in [0.05, 0.1) is 24.1 Å². The summed E-state index contributed by atoms with van der Waals surface area (Å²) in [5.74, 6) is 0.607. The smallest absolute Gasteiger partial charge is 0.259 e. The summed E-state index contributed by atoms with van der Waals surface area (Å²) in [6.07, 6.45) is 0. The molecule has 2 heterocycles. The van der Waals surface area contributed by atoms with E-state index in [1.807, 2.05) is 36.4 Å². The molecule has 0 saturated carbocycles. The molecule has 0 radical (unpaired) electrons. The Morgan fingerprint density at radius 2 is 1.74 bits per heavy atom. The van der Waals surface area contributed by atoms with Gasteiger partial charge in [-0.25, -0.2) is 4.98 Å². The van der Waals surface area contributed by atoms with E-state index in [1.54, 1.807) is 6.07 Å². The molecule has 0 spiro atoms. The molecule has 1 aliphatic heterocycles. The van der Waals surface area contributed by atoms with Gasteiger partial charge in [0.15, 0.2) is 0 Å². The van der Waals surface area contributed by atoms with Crippen LogP contribution < -0.4 is 10.5 Å². The van der Waals surface area contributed by atoms with Crippen LogP contribution in [0.15, 0.2) is 53.3 Å². The summed E-state index contributed by atoms with van der Waals surface area (Å²) in [5, 5.41) is 0.611. The highest BCUT2D eigenvalue weighted by molar-refractivity contribution is 5.82. The number of nitrogens with one attached hydrogen (secondary N) is 1. The van der Waals surface area contributed by atoms with Crippen LogP contribution in [0.1, 0.15) is 0 Å². The van der Waals surface area contributed by atoms with Gasteiger partial charge in [-0.3, -0.25) is 4.79 Å². The second-order valence-electron chi connectivity index (χ2n) is 5.55. The van der Waals surface area contributed by atoms with Gasteiger partial charge < -0.3 is 14.6 Å². The zero-order valence-corrected chi connectivity index (χ0v) is 12.7. The Morgan fingerprint density at radius 1 is 1.00 bits per heavy atom. The fourth-order valence-electron chi connectivity index (χ4n) is 2.97. The van der Waals surface area contributed by atoms with E-state index >= 15 is 0 Å². The van der Waals surface area contributed by atoms with E-state index in [4.69, 9.17) is 4.74 Å². The van der Waals surface area contributed by atoms with Crippen molar-refractivity contribution in [3.63, 3.8) is 0 Å². The Kier molecular flexibility index (Phi) is 3.55. The summed E-state index contributed by atoms with van der Waals surface area (Å²) in [6, 6.07) is 15.4. The number of aromatic amines is 1. The number of ether oxygens (including phenoxy) is 1. The van der Waals surface area contributed by atoms with Gasteiger partial charge in [0, 0.05) is 24.3 Å². The number of benzene rings is 2. The van der Waals surface area contributed by atoms with Gasteiger partial charge in [0.25, 0.3) is 5.56 Å². The lowest BCUT2D eigenvalue weighted by atomic mass is 10.1. The summed E-state index contributed by atoms with van der Waals surface area (Å²) >= 11 is 0. The summed E-state index contributed by atoms with van der Waals surface area (Å²) in [4.78, 5) is 22.2. The molecule has 0 bridgehead atoms. The zero-order valence-electron chi connectivity index (χ0n) is 12.7. The highest BCUT2D eigenvalue weighted by atomic mass is 16.5. The van der Waals surface area contributed by atoms with E-state index in [0.717, 1.165) is 37.6 Å². The zero-order chi connectivity index (χ0) is 15.6. The Hall–Kier alpha value is -2.66. The van der Waals surface area contributed by atoms with Crippen LogP contribution in [0.4, 0.5) is 5.69 Å². The Labute approximate surface area is 133 Å². The SMILES string of the molecule is O=c1[nH]c(-c2ccccc2N2CCOCC2)nc2ccccc12. The maximum atomic E-state index is 12.3. The molecule has 2 aromatic carbocycles. The van der Waals surface area contributed by atoms with Crippen molar-refractivity contribution in [1.82, 2.24) is 9.97 Å². The van der Waals surface area contributed by atoms with E-state index < -0.39 is 0 Å². The van der Waals surface area contributed by atoms with Crippen molar-refractivity contribution in [2.24, 2.45) is 0 Å². The molecule has 0 amide bonds. The summed E-state index contributed by atoms with van der Waals surface area (Å²) in [6.45, 7) is 3.12. The minimum atomic E-state index is -0.109. The first-order valence-corrected chi connectivity index (χ1v) is 7.74. The standard InChI is InChI=1S/C18H17N3O2/c22-18-13-5-1-3-7-15(13)19-17(20-18)14-6-2-4-8-16(14)21-9-11-23-12-10-21/h1-8H,9-12H2,(H,19,20,22). The van der Waals surface area contributed by atoms with Crippen molar-refractivity contribution in [2.75, 3.05) is 31.2 Å². The third kappa shape index (κ3) is 2.59. The van der Waals surface area contributed by atoms with E-state index in [1.165, 1.54) is 0 Å². The van der Waals surface area contributed by atoms with Crippen LogP contribution >= 0.6 is 0 Å². The van der Waals surface area contributed by atoms with Gasteiger partial charge in [-0.2, -0.15) is 0 Å². The summed E-state index contributed by atoms with van der Waals surface area (Å²) in [7, 11) is 0.